The summed E-state index contributed by atoms with van der Waals surface area (Å²) in [6, 6.07) is 20.0. The lowest BCUT2D eigenvalue weighted by molar-refractivity contribution is -0.113. The van der Waals surface area contributed by atoms with E-state index in [1.165, 1.54) is 11.8 Å². The van der Waals surface area contributed by atoms with Crippen LogP contribution < -0.4 is 0 Å². The van der Waals surface area contributed by atoms with Crippen LogP contribution in [0.3, 0.4) is 0 Å². The quantitative estimate of drug-likeness (QED) is 0.607. The van der Waals surface area contributed by atoms with Gasteiger partial charge in [-0.25, -0.2) is 4.68 Å². The van der Waals surface area contributed by atoms with Crippen LogP contribution in [0, 0.1) is 0 Å². The Morgan fingerprint density at radius 2 is 1.67 bits per heavy atom. The Labute approximate surface area is 178 Å². The minimum absolute atomic E-state index is 0.201. The summed E-state index contributed by atoms with van der Waals surface area (Å²) in [4.78, 5) is 19.6. The molecule has 30 heavy (non-hydrogen) atoms. The van der Waals surface area contributed by atoms with Crippen LogP contribution in [-0.4, -0.2) is 52.1 Å². The van der Waals surface area contributed by atoms with Crippen molar-refractivity contribution < 1.29 is 9.53 Å². The van der Waals surface area contributed by atoms with Crippen molar-refractivity contribution in [2.45, 2.75) is 0 Å². The number of amidine groups is 1. The van der Waals surface area contributed by atoms with Gasteiger partial charge in [0.15, 0.2) is 5.17 Å². The number of amides is 1. The van der Waals surface area contributed by atoms with Gasteiger partial charge in [-0.05, 0) is 30.0 Å². The van der Waals surface area contributed by atoms with Gasteiger partial charge in [0.25, 0.3) is 5.91 Å². The number of hydrogen-bond donors (Lipinski definition) is 0. The second-order valence-corrected chi connectivity index (χ2v) is 8.00. The van der Waals surface area contributed by atoms with E-state index in [1.54, 1.807) is 0 Å². The zero-order chi connectivity index (χ0) is 20.3. The molecule has 1 amide bonds. The number of aliphatic imine (C=N–C) groups is 1. The van der Waals surface area contributed by atoms with Crippen molar-refractivity contribution in [2.75, 3.05) is 26.3 Å². The van der Waals surface area contributed by atoms with Gasteiger partial charge >= 0.3 is 0 Å². The van der Waals surface area contributed by atoms with E-state index in [1.807, 2.05) is 77.6 Å². The van der Waals surface area contributed by atoms with E-state index in [2.05, 4.69) is 9.89 Å². The summed E-state index contributed by atoms with van der Waals surface area (Å²) in [5.74, 6) is -0.201. The highest BCUT2D eigenvalue weighted by Crippen LogP contribution is 2.33. The van der Waals surface area contributed by atoms with E-state index >= 15 is 0 Å². The molecule has 1 saturated heterocycles. The smallest absolute Gasteiger partial charge is 0.286 e. The monoisotopic (exact) mass is 416 g/mol. The third kappa shape index (κ3) is 3.81. The molecule has 3 heterocycles. The van der Waals surface area contributed by atoms with Gasteiger partial charge in [-0.3, -0.25) is 4.79 Å². The Balaban J connectivity index is 1.50. The van der Waals surface area contributed by atoms with Gasteiger partial charge in [0, 0.05) is 30.4 Å². The number of benzene rings is 2. The molecule has 5 rings (SSSR count). The molecule has 6 nitrogen and oxygen atoms in total. The summed E-state index contributed by atoms with van der Waals surface area (Å²) in [5.41, 5.74) is 3.69. The molecule has 0 bridgehead atoms. The van der Waals surface area contributed by atoms with Crippen LogP contribution in [0.1, 0.15) is 5.56 Å². The highest BCUT2D eigenvalue weighted by Gasteiger charge is 2.27. The molecule has 0 unspecified atom stereocenters. The van der Waals surface area contributed by atoms with E-state index < -0.39 is 0 Å². The van der Waals surface area contributed by atoms with Crippen LogP contribution in [0.2, 0.25) is 0 Å². The molecule has 0 spiro atoms. The normalized spacial score (nSPS) is 18.1. The van der Waals surface area contributed by atoms with Gasteiger partial charge in [0.1, 0.15) is 0 Å². The summed E-state index contributed by atoms with van der Waals surface area (Å²) in [7, 11) is 0. The molecule has 1 aromatic heterocycles. The van der Waals surface area contributed by atoms with Gasteiger partial charge in [-0.2, -0.15) is 10.1 Å². The number of thioether (sulfide) groups is 1. The molecule has 150 valence electrons. The molecule has 3 aromatic rings. The molecule has 0 aliphatic carbocycles. The maximum atomic E-state index is 12.6. The lowest BCUT2D eigenvalue weighted by atomic mass is 10.1. The van der Waals surface area contributed by atoms with E-state index in [0.717, 1.165) is 40.8 Å². The number of carbonyl (C=O) groups is 1. The van der Waals surface area contributed by atoms with Gasteiger partial charge in [0.2, 0.25) is 0 Å². The molecule has 7 heteroatoms. The number of rotatable bonds is 3. The first-order valence-corrected chi connectivity index (χ1v) is 10.7. The molecule has 2 aromatic carbocycles. The van der Waals surface area contributed by atoms with E-state index in [0.29, 0.717) is 18.1 Å². The van der Waals surface area contributed by atoms with Crippen molar-refractivity contribution in [1.29, 1.82) is 0 Å². The SMILES string of the molecule is O=C1N=C(N2CCOCC2)S/C1=C\c1cn(-c2ccccc2)nc1-c1ccccc1. The molecular formula is C23H20N4O2S. The van der Waals surface area contributed by atoms with Gasteiger partial charge in [0.05, 0.1) is 29.5 Å². The molecule has 0 saturated carbocycles. The molecule has 0 radical (unpaired) electrons. The van der Waals surface area contributed by atoms with Crippen molar-refractivity contribution in [2.24, 2.45) is 4.99 Å². The Morgan fingerprint density at radius 1 is 0.967 bits per heavy atom. The number of para-hydroxylation sites is 1. The molecule has 0 atom stereocenters. The maximum absolute atomic E-state index is 12.6. The molecule has 2 aliphatic heterocycles. The minimum atomic E-state index is -0.201. The van der Waals surface area contributed by atoms with Crippen molar-refractivity contribution in [3.05, 3.63) is 77.3 Å². The first-order valence-electron chi connectivity index (χ1n) is 9.84. The predicted molar refractivity (Wildman–Crippen MR) is 119 cm³/mol. The third-order valence-corrected chi connectivity index (χ3v) is 6.03. The topological polar surface area (TPSA) is 59.7 Å². The second-order valence-electron chi connectivity index (χ2n) is 6.99. The Bertz CT molecular complexity index is 1120. The lowest BCUT2D eigenvalue weighted by Crippen LogP contribution is -2.38. The summed E-state index contributed by atoms with van der Waals surface area (Å²) in [6.07, 6.45) is 3.87. The molecule has 1 fully saturated rings. The fourth-order valence-electron chi connectivity index (χ4n) is 3.46. The zero-order valence-corrected chi connectivity index (χ0v) is 17.1. The first-order chi connectivity index (χ1) is 14.8. The van der Waals surface area contributed by atoms with Crippen LogP contribution in [-0.2, 0) is 9.53 Å². The van der Waals surface area contributed by atoms with E-state index in [-0.39, 0.29) is 5.91 Å². The van der Waals surface area contributed by atoms with Crippen LogP contribution in [0.25, 0.3) is 23.0 Å². The zero-order valence-electron chi connectivity index (χ0n) is 16.3. The summed E-state index contributed by atoms with van der Waals surface area (Å²) in [5, 5.41) is 5.57. The van der Waals surface area contributed by atoms with E-state index in [9.17, 15) is 4.79 Å². The minimum Gasteiger partial charge on any atom is -0.378 e. The van der Waals surface area contributed by atoms with Crippen molar-refractivity contribution in [3.8, 4) is 16.9 Å². The molecule has 2 aliphatic rings. The maximum Gasteiger partial charge on any atom is 0.286 e. The number of aromatic nitrogens is 2. The number of hydrogen-bond acceptors (Lipinski definition) is 5. The summed E-state index contributed by atoms with van der Waals surface area (Å²) < 4.78 is 7.25. The second kappa shape index (κ2) is 8.30. The Morgan fingerprint density at radius 3 is 2.40 bits per heavy atom. The average molecular weight is 417 g/mol. The Hall–Kier alpha value is -3.16. The number of nitrogens with zero attached hydrogens (tertiary/aromatic N) is 4. The number of ether oxygens (including phenoxy) is 1. The largest absolute Gasteiger partial charge is 0.378 e. The fraction of sp³-hybridized carbons (Fsp3) is 0.174. The molecule has 0 N–H and O–H groups in total. The Kier molecular flexibility index (Phi) is 5.21. The van der Waals surface area contributed by atoms with Crippen LogP contribution in [0.15, 0.2) is 76.8 Å². The number of carbonyl (C=O) groups excluding carboxylic acids is 1. The first kappa shape index (κ1) is 18.8. The van der Waals surface area contributed by atoms with Crippen LogP contribution in [0.4, 0.5) is 0 Å². The van der Waals surface area contributed by atoms with Gasteiger partial charge in [-0.15, -0.1) is 0 Å². The highest BCUT2D eigenvalue weighted by atomic mass is 32.2. The standard InChI is InChI=1S/C23H20N4O2S/c28-22-20(30-23(24-22)26-11-13-29-14-12-26)15-18-16-27(19-9-5-2-6-10-19)25-21(18)17-7-3-1-4-8-17/h1-10,15-16H,11-14H2/b20-15-. The summed E-state index contributed by atoms with van der Waals surface area (Å²) >= 11 is 1.42. The fourth-order valence-corrected chi connectivity index (χ4v) is 4.41. The molecular weight excluding hydrogens is 396 g/mol. The van der Waals surface area contributed by atoms with Crippen LogP contribution in [0.5, 0.6) is 0 Å². The third-order valence-electron chi connectivity index (χ3n) is 4.99. The lowest BCUT2D eigenvalue weighted by Gasteiger charge is -2.27. The summed E-state index contributed by atoms with van der Waals surface area (Å²) in [6.45, 7) is 2.84. The van der Waals surface area contributed by atoms with Crippen LogP contribution >= 0.6 is 11.8 Å². The van der Waals surface area contributed by atoms with Crippen molar-refractivity contribution >= 4 is 28.9 Å². The van der Waals surface area contributed by atoms with Gasteiger partial charge < -0.3 is 9.64 Å². The number of morpholine rings is 1. The van der Waals surface area contributed by atoms with E-state index in [4.69, 9.17) is 9.84 Å². The van der Waals surface area contributed by atoms with Crippen molar-refractivity contribution in [1.82, 2.24) is 14.7 Å². The average Bonchev–Trinajstić information content (AvgIpc) is 3.40. The van der Waals surface area contributed by atoms with Gasteiger partial charge in [-0.1, -0.05) is 48.5 Å². The highest BCUT2D eigenvalue weighted by molar-refractivity contribution is 8.18. The predicted octanol–water partition coefficient (Wildman–Crippen LogP) is 3.84. The van der Waals surface area contributed by atoms with Crippen molar-refractivity contribution in [3.63, 3.8) is 0 Å².